The monoisotopic (exact) mass is 861 g/mol. The highest BCUT2D eigenvalue weighted by atomic mass is 16.6. The minimum Gasteiger partial charge on any atom is -0.462 e. The quantitative estimate of drug-likeness (QED) is 0.0375. The standard InChI is InChI=1S/C57H96O5/c1-3-5-7-9-11-13-15-17-19-21-23-25-26-27-28-29-30-32-34-36-38-40-42-44-46-48-50-52-57(60)62-55(53-58)54-61-56(59)51-49-47-45-43-41-39-37-35-33-31-24-22-20-18-16-14-12-10-8-6-4-2/h5,7,11,13,16-19,22-25,27-28,30,32,55,58H,3-4,6,8-10,12,14-15,20-21,26,29,31,33-54H2,1-2H3/b7-5-,13-11-,18-16-,19-17-,24-22-,25-23-,28-27-,32-30-. The van der Waals surface area contributed by atoms with Crippen molar-refractivity contribution in [3.63, 3.8) is 0 Å². The summed E-state index contributed by atoms with van der Waals surface area (Å²) >= 11 is 0. The SMILES string of the molecule is CC/C=C\C/C=C\C/C=C\C/C=C\C/C=C\C/C=C\CCCCCCCCCCC(=O)OC(CO)COC(=O)CCCCCCCCCCC/C=C\C/C=C\CCCCCCC. The molecule has 1 N–H and O–H groups in total. The molecule has 1 atom stereocenters. The lowest BCUT2D eigenvalue weighted by molar-refractivity contribution is -0.161. The van der Waals surface area contributed by atoms with E-state index in [1.807, 2.05) is 0 Å². The van der Waals surface area contributed by atoms with E-state index in [4.69, 9.17) is 9.47 Å². The van der Waals surface area contributed by atoms with Gasteiger partial charge in [0.25, 0.3) is 0 Å². The first-order valence-corrected chi connectivity index (χ1v) is 25.8. The van der Waals surface area contributed by atoms with E-state index in [1.54, 1.807) is 0 Å². The molecule has 0 aromatic heterocycles. The molecule has 5 heteroatoms. The van der Waals surface area contributed by atoms with Gasteiger partial charge in [-0.1, -0.05) is 220 Å². The highest BCUT2D eigenvalue weighted by Crippen LogP contribution is 2.14. The summed E-state index contributed by atoms with van der Waals surface area (Å²) in [6.07, 6.45) is 73.5. The van der Waals surface area contributed by atoms with Crippen molar-refractivity contribution in [2.24, 2.45) is 0 Å². The average Bonchev–Trinajstić information content (AvgIpc) is 3.28. The number of rotatable bonds is 46. The second-order valence-electron chi connectivity index (χ2n) is 16.9. The summed E-state index contributed by atoms with van der Waals surface area (Å²) in [6, 6.07) is 0. The molecule has 5 nitrogen and oxygen atoms in total. The maximum Gasteiger partial charge on any atom is 0.306 e. The summed E-state index contributed by atoms with van der Waals surface area (Å²) in [6.45, 7) is 4.01. The number of carbonyl (C=O) groups excluding carboxylic acids is 2. The van der Waals surface area contributed by atoms with Gasteiger partial charge in [-0.2, -0.15) is 0 Å². The number of hydrogen-bond donors (Lipinski definition) is 1. The zero-order valence-corrected chi connectivity index (χ0v) is 40.4. The van der Waals surface area contributed by atoms with Crippen molar-refractivity contribution in [3.05, 3.63) is 97.2 Å². The van der Waals surface area contributed by atoms with Crippen LogP contribution in [0.3, 0.4) is 0 Å². The van der Waals surface area contributed by atoms with Gasteiger partial charge in [0, 0.05) is 12.8 Å². The molecule has 0 saturated carbocycles. The van der Waals surface area contributed by atoms with E-state index >= 15 is 0 Å². The van der Waals surface area contributed by atoms with Crippen LogP contribution >= 0.6 is 0 Å². The van der Waals surface area contributed by atoms with Gasteiger partial charge < -0.3 is 14.6 Å². The van der Waals surface area contributed by atoms with Gasteiger partial charge in [-0.3, -0.25) is 9.59 Å². The average molecular weight is 861 g/mol. The van der Waals surface area contributed by atoms with Crippen LogP contribution in [-0.4, -0.2) is 36.4 Å². The first-order chi connectivity index (χ1) is 30.6. The van der Waals surface area contributed by atoms with E-state index < -0.39 is 6.10 Å². The molecule has 0 aromatic rings. The van der Waals surface area contributed by atoms with Crippen molar-refractivity contribution in [1.29, 1.82) is 0 Å². The molecule has 1 unspecified atom stereocenters. The summed E-state index contributed by atoms with van der Waals surface area (Å²) in [4.78, 5) is 24.5. The van der Waals surface area contributed by atoms with Gasteiger partial charge in [0.2, 0.25) is 0 Å². The molecule has 0 fully saturated rings. The molecular weight excluding hydrogens is 765 g/mol. The predicted molar refractivity (Wildman–Crippen MR) is 269 cm³/mol. The van der Waals surface area contributed by atoms with Crippen LogP contribution in [0, 0.1) is 0 Å². The Balaban J connectivity index is 3.57. The number of carbonyl (C=O) groups is 2. The Morgan fingerprint density at radius 1 is 0.387 bits per heavy atom. The van der Waals surface area contributed by atoms with Crippen molar-refractivity contribution in [2.45, 2.75) is 238 Å². The Labute approximate surface area is 383 Å². The Hall–Kier alpha value is -3.18. The third-order valence-electron chi connectivity index (χ3n) is 10.9. The summed E-state index contributed by atoms with van der Waals surface area (Å²) < 4.78 is 10.7. The van der Waals surface area contributed by atoms with E-state index in [1.165, 1.54) is 116 Å². The molecular formula is C57H96O5. The smallest absolute Gasteiger partial charge is 0.306 e. The van der Waals surface area contributed by atoms with E-state index in [0.717, 1.165) is 89.9 Å². The first-order valence-electron chi connectivity index (χ1n) is 25.8. The number of ether oxygens (including phenoxy) is 2. The molecule has 0 spiro atoms. The topological polar surface area (TPSA) is 72.8 Å². The van der Waals surface area contributed by atoms with Gasteiger partial charge >= 0.3 is 11.9 Å². The predicted octanol–water partition coefficient (Wildman–Crippen LogP) is 17.2. The summed E-state index contributed by atoms with van der Waals surface area (Å²) in [5.41, 5.74) is 0. The van der Waals surface area contributed by atoms with Crippen molar-refractivity contribution in [3.8, 4) is 0 Å². The summed E-state index contributed by atoms with van der Waals surface area (Å²) in [5.74, 6) is -0.607. The van der Waals surface area contributed by atoms with Crippen molar-refractivity contribution >= 4 is 11.9 Å². The lowest BCUT2D eigenvalue weighted by atomic mass is 10.1. The number of aliphatic hydroxyl groups excluding tert-OH is 1. The molecule has 62 heavy (non-hydrogen) atoms. The number of unbranched alkanes of at least 4 members (excludes halogenated alkanes) is 22. The fourth-order valence-corrected chi connectivity index (χ4v) is 7.00. The van der Waals surface area contributed by atoms with Crippen LogP contribution in [0.25, 0.3) is 0 Å². The van der Waals surface area contributed by atoms with Gasteiger partial charge in [-0.15, -0.1) is 0 Å². The van der Waals surface area contributed by atoms with E-state index in [0.29, 0.717) is 12.8 Å². The van der Waals surface area contributed by atoms with Gasteiger partial charge in [-0.05, 0) is 96.3 Å². The minimum absolute atomic E-state index is 0.0761. The summed E-state index contributed by atoms with van der Waals surface area (Å²) in [5, 5.41) is 9.63. The molecule has 0 amide bonds. The molecule has 0 radical (unpaired) electrons. The van der Waals surface area contributed by atoms with E-state index in [9.17, 15) is 14.7 Å². The molecule has 0 aliphatic carbocycles. The Morgan fingerprint density at radius 2 is 0.694 bits per heavy atom. The third kappa shape index (κ3) is 49.5. The first kappa shape index (κ1) is 58.8. The van der Waals surface area contributed by atoms with E-state index in [-0.39, 0.29) is 25.2 Å². The molecule has 0 heterocycles. The molecule has 0 aliphatic heterocycles. The maximum absolute atomic E-state index is 12.3. The molecule has 354 valence electrons. The number of hydrogen-bond acceptors (Lipinski definition) is 5. The Bertz CT molecular complexity index is 1200. The van der Waals surface area contributed by atoms with Gasteiger partial charge in [0.05, 0.1) is 6.61 Å². The molecule has 0 aliphatic rings. The molecule has 0 aromatic carbocycles. The Kier molecular flexibility index (Phi) is 49.5. The van der Waals surface area contributed by atoms with Crippen LogP contribution in [-0.2, 0) is 19.1 Å². The highest BCUT2D eigenvalue weighted by molar-refractivity contribution is 5.70. The fourth-order valence-electron chi connectivity index (χ4n) is 7.00. The molecule has 0 saturated heterocycles. The molecule has 0 rings (SSSR count). The minimum atomic E-state index is -0.785. The van der Waals surface area contributed by atoms with Crippen molar-refractivity contribution < 1.29 is 24.2 Å². The normalized spacial score (nSPS) is 13.0. The number of aliphatic hydroxyl groups is 1. The van der Waals surface area contributed by atoms with Crippen LogP contribution < -0.4 is 0 Å². The zero-order chi connectivity index (χ0) is 44.9. The lowest BCUT2D eigenvalue weighted by Crippen LogP contribution is -2.28. The molecule has 0 bridgehead atoms. The van der Waals surface area contributed by atoms with Crippen LogP contribution in [0.2, 0.25) is 0 Å². The van der Waals surface area contributed by atoms with Gasteiger partial charge in [0.15, 0.2) is 6.10 Å². The Morgan fingerprint density at radius 3 is 1.05 bits per heavy atom. The second kappa shape index (κ2) is 52.2. The fraction of sp³-hybridized carbons (Fsp3) is 0.684. The van der Waals surface area contributed by atoms with Gasteiger partial charge in [0.1, 0.15) is 6.61 Å². The van der Waals surface area contributed by atoms with Crippen molar-refractivity contribution in [1.82, 2.24) is 0 Å². The largest absolute Gasteiger partial charge is 0.462 e. The van der Waals surface area contributed by atoms with Crippen LogP contribution in [0.4, 0.5) is 0 Å². The maximum atomic E-state index is 12.3. The third-order valence-corrected chi connectivity index (χ3v) is 10.9. The zero-order valence-electron chi connectivity index (χ0n) is 40.4. The van der Waals surface area contributed by atoms with Gasteiger partial charge in [-0.25, -0.2) is 0 Å². The summed E-state index contributed by atoms with van der Waals surface area (Å²) in [7, 11) is 0. The second-order valence-corrected chi connectivity index (χ2v) is 16.9. The van der Waals surface area contributed by atoms with Crippen LogP contribution in [0.1, 0.15) is 232 Å². The van der Waals surface area contributed by atoms with Crippen LogP contribution in [0.15, 0.2) is 97.2 Å². The van der Waals surface area contributed by atoms with Crippen molar-refractivity contribution in [2.75, 3.05) is 13.2 Å². The number of esters is 2. The highest BCUT2D eigenvalue weighted by Gasteiger charge is 2.16. The number of allylic oxidation sites excluding steroid dienone is 16. The van der Waals surface area contributed by atoms with Crippen LogP contribution in [0.5, 0.6) is 0 Å². The lowest BCUT2D eigenvalue weighted by Gasteiger charge is -2.15. The van der Waals surface area contributed by atoms with E-state index in [2.05, 4.69) is 111 Å².